The Morgan fingerprint density at radius 1 is 1.21 bits per heavy atom. The molecule has 4 aromatic rings. The van der Waals surface area contributed by atoms with Gasteiger partial charge >= 0.3 is 6.09 Å². The summed E-state index contributed by atoms with van der Waals surface area (Å²) in [6.07, 6.45) is 5.99. The molecule has 0 aliphatic carbocycles. The van der Waals surface area contributed by atoms with Crippen LogP contribution in [0.2, 0.25) is 0 Å². The molecule has 5 rings (SSSR count). The minimum atomic E-state index is -0.528. The number of nitrogens with one attached hydrogen (secondary N) is 1. The van der Waals surface area contributed by atoms with Gasteiger partial charge in [-0.3, -0.25) is 4.68 Å². The van der Waals surface area contributed by atoms with Crippen molar-refractivity contribution in [3.05, 3.63) is 60.0 Å². The third-order valence-electron chi connectivity index (χ3n) is 6.02. The predicted molar refractivity (Wildman–Crippen MR) is 130 cm³/mol. The lowest BCUT2D eigenvalue weighted by Gasteiger charge is -2.36. The normalized spacial score (nSPS) is 15.9. The first kappa shape index (κ1) is 22.0. The summed E-state index contributed by atoms with van der Waals surface area (Å²) in [4.78, 5) is 22.3. The number of hydrogen-bond donors (Lipinski definition) is 1. The summed E-state index contributed by atoms with van der Waals surface area (Å²) in [5.41, 5.74) is 4.43. The van der Waals surface area contributed by atoms with Crippen LogP contribution in [-0.4, -0.2) is 42.9 Å². The number of hydrogen-bond acceptors (Lipinski definition) is 5. The molecule has 0 fully saturated rings. The first-order valence-corrected chi connectivity index (χ1v) is 11.4. The number of rotatable bonds is 3. The standard InChI is InChI=1S/C26H29N5O3/c1-16-20-12-19(7-6-17(20)9-11-31(16)25(32)34-26(2,3)4)33-23-8-10-27-24-21(23)13-22(29-24)18-14-28-30(5)15-18/h6-8,10,12-16H,9,11H2,1-5H3,(H,27,29). The predicted octanol–water partition coefficient (Wildman–Crippen LogP) is 5.61. The van der Waals surface area contributed by atoms with Crippen LogP contribution in [0.25, 0.3) is 22.3 Å². The summed E-state index contributed by atoms with van der Waals surface area (Å²) in [7, 11) is 1.89. The molecule has 1 aromatic carbocycles. The number of nitrogens with zero attached hydrogens (tertiary/aromatic N) is 4. The molecule has 176 valence electrons. The number of carbonyl (C=O) groups is 1. The van der Waals surface area contributed by atoms with E-state index in [1.165, 1.54) is 5.56 Å². The average Bonchev–Trinajstić information content (AvgIpc) is 3.40. The van der Waals surface area contributed by atoms with Gasteiger partial charge in [0.25, 0.3) is 0 Å². The molecule has 0 spiro atoms. The highest BCUT2D eigenvalue weighted by Crippen LogP contribution is 2.36. The second kappa shape index (κ2) is 8.20. The highest BCUT2D eigenvalue weighted by molar-refractivity contribution is 5.88. The van der Waals surface area contributed by atoms with Gasteiger partial charge in [-0.2, -0.15) is 5.10 Å². The van der Waals surface area contributed by atoms with Crippen LogP contribution in [-0.2, 0) is 18.2 Å². The summed E-state index contributed by atoms with van der Waals surface area (Å²) in [5.74, 6) is 1.43. The van der Waals surface area contributed by atoms with Crippen LogP contribution in [0.3, 0.4) is 0 Å². The van der Waals surface area contributed by atoms with E-state index in [-0.39, 0.29) is 12.1 Å². The smallest absolute Gasteiger partial charge is 0.410 e. The van der Waals surface area contributed by atoms with Crippen molar-refractivity contribution in [2.24, 2.45) is 7.05 Å². The fourth-order valence-electron chi connectivity index (χ4n) is 4.36. The van der Waals surface area contributed by atoms with Crippen LogP contribution in [0.1, 0.15) is 44.9 Å². The Labute approximate surface area is 198 Å². The van der Waals surface area contributed by atoms with E-state index in [1.54, 1.807) is 15.8 Å². The zero-order valence-electron chi connectivity index (χ0n) is 20.1. The van der Waals surface area contributed by atoms with Gasteiger partial charge in [0.2, 0.25) is 0 Å². The van der Waals surface area contributed by atoms with Gasteiger partial charge in [-0.15, -0.1) is 0 Å². The van der Waals surface area contributed by atoms with Crippen molar-refractivity contribution in [1.82, 2.24) is 24.6 Å². The van der Waals surface area contributed by atoms with E-state index in [0.717, 1.165) is 34.3 Å². The number of aromatic nitrogens is 4. The van der Waals surface area contributed by atoms with Crippen LogP contribution in [0.4, 0.5) is 4.79 Å². The molecule has 0 saturated carbocycles. The molecule has 8 nitrogen and oxygen atoms in total. The Kier molecular flexibility index (Phi) is 5.31. The quantitative estimate of drug-likeness (QED) is 0.430. The Balaban J connectivity index is 1.42. The molecular weight excluding hydrogens is 430 g/mol. The van der Waals surface area contributed by atoms with Crippen molar-refractivity contribution in [2.45, 2.75) is 45.8 Å². The minimum Gasteiger partial charge on any atom is -0.457 e. The maximum absolute atomic E-state index is 12.7. The highest BCUT2D eigenvalue weighted by Gasteiger charge is 2.31. The molecule has 1 unspecified atom stereocenters. The van der Waals surface area contributed by atoms with Crippen LogP contribution in [0, 0.1) is 0 Å². The molecule has 0 saturated heterocycles. The van der Waals surface area contributed by atoms with Crippen LogP contribution in [0.5, 0.6) is 11.5 Å². The van der Waals surface area contributed by atoms with Gasteiger partial charge in [0, 0.05) is 31.5 Å². The molecule has 4 heterocycles. The SMILES string of the molecule is CC1c2cc(Oc3ccnc4[nH]c(-c5cnn(C)c5)cc34)ccc2CCN1C(=O)OC(C)(C)C. The summed E-state index contributed by atoms with van der Waals surface area (Å²) < 4.78 is 13.7. The summed E-state index contributed by atoms with van der Waals surface area (Å²) in [6, 6.07) is 9.88. The summed E-state index contributed by atoms with van der Waals surface area (Å²) in [6.45, 7) is 8.32. The molecule has 1 amide bonds. The molecule has 1 aliphatic heterocycles. The van der Waals surface area contributed by atoms with Crippen LogP contribution < -0.4 is 4.74 Å². The van der Waals surface area contributed by atoms with E-state index in [4.69, 9.17) is 9.47 Å². The third kappa shape index (κ3) is 4.23. The van der Waals surface area contributed by atoms with Gasteiger partial charge in [-0.25, -0.2) is 9.78 Å². The number of fused-ring (bicyclic) bond motifs is 2. The largest absolute Gasteiger partial charge is 0.457 e. The van der Waals surface area contributed by atoms with Crippen molar-refractivity contribution >= 4 is 17.1 Å². The second-order valence-electron chi connectivity index (χ2n) is 9.72. The van der Waals surface area contributed by atoms with E-state index in [1.807, 2.05) is 71.4 Å². The van der Waals surface area contributed by atoms with E-state index >= 15 is 0 Å². The topological polar surface area (TPSA) is 85.3 Å². The summed E-state index contributed by atoms with van der Waals surface area (Å²) in [5, 5.41) is 5.14. The monoisotopic (exact) mass is 459 g/mol. The molecule has 0 radical (unpaired) electrons. The lowest BCUT2D eigenvalue weighted by Crippen LogP contribution is -2.42. The highest BCUT2D eigenvalue weighted by atomic mass is 16.6. The van der Waals surface area contributed by atoms with E-state index in [2.05, 4.69) is 21.1 Å². The number of amides is 1. The number of H-pyrrole nitrogens is 1. The fourth-order valence-corrected chi connectivity index (χ4v) is 4.36. The van der Waals surface area contributed by atoms with Gasteiger partial charge < -0.3 is 19.4 Å². The van der Waals surface area contributed by atoms with Gasteiger partial charge in [0.15, 0.2) is 0 Å². The number of carbonyl (C=O) groups excluding carboxylic acids is 1. The third-order valence-corrected chi connectivity index (χ3v) is 6.02. The number of ether oxygens (including phenoxy) is 2. The van der Waals surface area contributed by atoms with Gasteiger partial charge in [-0.05, 0) is 69.5 Å². The lowest BCUT2D eigenvalue weighted by atomic mass is 9.93. The number of benzene rings is 1. The molecule has 34 heavy (non-hydrogen) atoms. The fraction of sp³-hybridized carbons (Fsp3) is 0.346. The Morgan fingerprint density at radius 2 is 2.03 bits per heavy atom. The molecule has 3 aromatic heterocycles. The molecule has 8 heteroatoms. The van der Waals surface area contributed by atoms with Crippen molar-refractivity contribution in [2.75, 3.05) is 6.54 Å². The van der Waals surface area contributed by atoms with Crippen molar-refractivity contribution in [3.8, 4) is 22.8 Å². The van der Waals surface area contributed by atoms with Crippen molar-refractivity contribution in [3.63, 3.8) is 0 Å². The molecule has 0 bridgehead atoms. The Bertz CT molecular complexity index is 1360. The lowest BCUT2D eigenvalue weighted by molar-refractivity contribution is 0.0159. The van der Waals surface area contributed by atoms with Gasteiger partial charge in [0.1, 0.15) is 22.7 Å². The second-order valence-corrected chi connectivity index (χ2v) is 9.72. The van der Waals surface area contributed by atoms with E-state index < -0.39 is 5.60 Å². The zero-order valence-corrected chi connectivity index (χ0v) is 20.1. The Hall–Kier alpha value is -3.81. The van der Waals surface area contributed by atoms with Crippen LogP contribution in [0.15, 0.2) is 48.9 Å². The first-order chi connectivity index (χ1) is 16.2. The van der Waals surface area contributed by atoms with Crippen LogP contribution >= 0.6 is 0 Å². The first-order valence-electron chi connectivity index (χ1n) is 11.4. The Morgan fingerprint density at radius 3 is 2.76 bits per heavy atom. The van der Waals surface area contributed by atoms with E-state index in [9.17, 15) is 4.79 Å². The van der Waals surface area contributed by atoms with Gasteiger partial charge in [0.05, 0.1) is 23.3 Å². The number of aryl methyl sites for hydroxylation is 1. The van der Waals surface area contributed by atoms with Crippen molar-refractivity contribution in [1.29, 1.82) is 0 Å². The molecular formula is C26H29N5O3. The zero-order chi connectivity index (χ0) is 24.0. The average molecular weight is 460 g/mol. The summed E-state index contributed by atoms with van der Waals surface area (Å²) >= 11 is 0. The minimum absolute atomic E-state index is 0.107. The molecule has 1 N–H and O–H groups in total. The van der Waals surface area contributed by atoms with Gasteiger partial charge in [-0.1, -0.05) is 6.07 Å². The van der Waals surface area contributed by atoms with Crippen molar-refractivity contribution < 1.29 is 14.3 Å². The number of pyridine rings is 1. The number of aromatic amines is 1. The molecule has 1 aliphatic rings. The van der Waals surface area contributed by atoms with E-state index in [0.29, 0.717) is 18.0 Å². The maximum atomic E-state index is 12.7. The molecule has 1 atom stereocenters. The maximum Gasteiger partial charge on any atom is 0.410 e.